The highest BCUT2D eigenvalue weighted by molar-refractivity contribution is 5.81. The normalized spacial score (nSPS) is 21.1. The largest absolute Gasteiger partial charge is 0.508 e. The Labute approximate surface area is 214 Å². The molecule has 0 aromatic heterocycles. The van der Waals surface area contributed by atoms with Gasteiger partial charge in [0.2, 0.25) is 5.91 Å². The van der Waals surface area contributed by atoms with E-state index < -0.39 is 5.97 Å². The van der Waals surface area contributed by atoms with E-state index in [2.05, 4.69) is 59.7 Å². The average Bonchev–Trinajstić information content (AvgIpc) is 2.86. The van der Waals surface area contributed by atoms with E-state index in [0.29, 0.717) is 24.1 Å². The second-order valence-corrected chi connectivity index (χ2v) is 10.4. The second-order valence-electron chi connectivity index (χ2n) is 10.4. The number of aromatic hydroxyl groups is 1. The third-order valence-electron chi connectivity index (χ3n) is 7.69. The molecule has 3 atom stereocenters. The third-order valence-corrected chi connectivity index (χ3v) is 7.69. The first kappa shape index (κ1) is 27.7. The number of benzene rings is 2. The van der Waals surface area contributed by atoms with Gasteiger partial charge in [0.05, 0.1) is 0 Å². The van der Waals surface area contributed by atoms with Crippen molar-refractivity contribution in [1.29, 1.82) is 0 Å². The van der Waals surface area contributed by atoms with Gasteiger partial charge in [-0.05, 0) is 79.4 Å². The molecule has 1 saturated heterocycles. The Morgan fingerprint density at radius 3 is 2.64 bits per heavy atom. The SMILES string of the molecule is CC1CN(CCC(CNCCC(=O)NCC(=O)O)Cc2ccccc2)CCC1(C)c1cccc(O)c1. The maximum Gasteiger partial charge on any atom is 0.322 e. The number of carbonyl (C=O) groups is 2. The third kappa shape index (κ3) is 8.35. The molecule has 4 N–H and O–H groups in total. The number of nitrogens with zero attached hydrogens (tertiary/aromatic N) is 1. The number of nitrogens with one attached hydrogen (secondary N) is 2. The molecule has 2 aromatic carbocycles. The molecule has 3 rings (SSSR count). The Morgan fingerprint density at radius 2 is 1.94 bits per heavy atom. The van der Waals surface area contributed by atoms with Crippen LogP contribution >= 0.6 is 0 Å². The smallest absolute Gasteiger partial charge is 0.322 e. The van der Waals surface area contributed by atoms with E-state index >= 15 is 0 Å². The number of rotatable bonds is 13. The summed E-state index contributed by atoms with van der Waals surface area (Å²) in [7, 11) is 0. The Hall–Kier alpha value is -2.90. The van der Waals surface area contributed by atoms with E-state index in [0.717, 1.165) is 45.4 Å². The number of piperidine rings is 1. The topological polar surface area (TPSA) is 102 Å². The summed E-state index contributed by atoms with van der Waals surface area (Å²) < 4.78 is 0. The van der Waals surface area contributed by atoms with Crippen molar-refractivity contribution in [2.75, 3.05) is 39.3 Å². The summed E-state index contributed by atoms with van der Waals surface area (Å²) in [4.78, 5) is 24.9. The van der Waals surface area contributed by atoms with Crippen molar-refractivity contribution in [3.63, 3.8) is 0 Å². The number of aliphatic carboxylic acids is 1. The van der Waals surface area contributed by atoms with Gasteiger partial charge in [-0.15, -0.1) is 0 Å². The van der Waals surface area contributed by atoms with Crippen molar-refractivity contribution in [2.45, 2.75) is 44.9 Å². The molecule has 1 aliphatic heterocycles. The highest BCUT2D eigenvalue weighted by atomic mass is 16.4. The molecule has 1 heterocycles. The van der Waals surface area contributed by atoms with Crippen molar-refractivity contribution in [1.82, 2.24) is 15.5 Å². The Bertz CT molecular complexity index is 983. The van der Waals surface area contributed by atoms with Crippen LogP contribution in [0.2, 0.25) is 0 Å². The monoisotopic (exact) mass is 495 g/mol. The first-order chi connectivity index (χ1) is 17.3. The van der Waals surface area contributed by atoms with E-state index in [4.69, 9.17) is 5.11 Å². The summed E-state index contributed by atoms with van der Waals surface area (Å²) in [5.74, 6) is -0.0405. The molecule has 36 heavy (non-hydrogen) atoms. The van der Waals surface area contributed by atoms with Gasteiger partial charge in [0.15, 0.2) is 0 Å². The molecule has 1 aliphatic rings. The molecule has 1 amide bonds. The highest BCUT2D eigenvalue weighted by Gasteiger charge is 2.38. The molecule has 0 aliphatic carbocycles. The van der Waals surface area contributed by atoms with Gasteiger partial charge in [0, 0.05) is 19.5 Å². The second kappa shape index (κ2) is 13.4. The lowest BCUT2D eigenvalue weighted by Crippen LogP contribution is -2.48. The van der Waals surface area contributed by atoms with Gasteiger partial charge >= 0.3 is 5.97 Å². The summed E-state index contributed by atoms with van der Waals surface area (Å²) >= 11 is 0. The number of carboxylic acid groups (broad SMARTS) is 1. The summed E-state index contributed by atoms with van der Waals surface area (Å²) in [6.45, 7) is 8.72. The standard InChI is InChI=1S/C29H41N3O4/c1-22-21-32(16-13-29(22,2)25-9-6-10-26(33)18-25)15-12-24(17-23-7-4-3-5-8-23)19-30-14-11-27(34)31-20-28(35)36/h3-10,18,22,24,30,33H,11-17,19-21H2,1-2H3,(H,31,34)(H,35,36). The number of amides is 1. The fraction of sp³-hybridized carbons (Fsp3) is 0.517. The summed E-state index contributed by atoms with van der Waals surface area (Å²) in [5.41, 5.74) is 2.58. The molecule has 1 fully saturated rings. The van der Waals surface area contributed by atoms with E-state index in [9.17, 15) is 14.7 Å². The number of hydrogen-bond acceptors (Lipinski definition) is 5. The van der Waals surface area contributed by atoms with Crippen LogP contribution in [0.15, 0.2) is 54.6 Å². The van der Waals surface area contributed by atoms with E-state index in [1.807, 2.05) is 18.2 Å². The summed E-state index contributed by atoms with van der Waals surface area (Å²) in [5, 5.41) is 24.5. The molecular weight excluding hydrogens is 454 g/mol. The van der Waals surface area contributed by atoms with Crippen LogP contribution in [-0.2, 0) is 21.4 Å². The molecule has 0 radical (unpaired) electrons. The van der Waals surface area contributed by atoms with Crippen molar-refractivity contribution in [3.05, 3.63) is 65.7 Å². The van der Waals surface area contributed by atoms with Crippen LogP contribution in [0.5, 0.6) is 5.75 Å². The molecule has 0 spiro atoms. The highest BCUT2D eigenvalue weighted by Crippen LogP contribution is 2.40. The number of phenols is 1. The molecule has 2 aromatic rings. The fourth-order valence-corrected chi connectivity index (χ4v) is 5.17. The minimum absolute atomic E-state index is 0.0570. The van der Waals surface area contributed by atoms with Crippen molar-refractivity contribution in [3.8, 4) is 5.75 Å². The molecular formula is C29H41N3O4. The zero-order chi connectivity index (χ0) is 26.0. The molecule has 7 heteroatoms. The fourth-order valence-electron chi connectivity index (χ4n) is 5.17. The predicted molar refractivity (Wildman–Crippen MR) is 142 cm³/mol. The van der Waals surface area contributed by atoms with Crippen LogP contribution in [0.25, 0.3) is 0 Å². The molecule has 3 unspecified atom stereocenters. The number of carboxylic acids is 1. The zero-order valence-electron chi connectivity index (χ0n) is 21.6. The lowest BCUT2D eigenvalue weighted by molar-refractivity contribution is -0.137. The number of hydrogen-bond donors (Lipinski definition) is 4. The van der Waals surface area contributed by atoms with Crippen molar-refractivity contribution < 1.29 is 19.8 Å². The number of phenolic OH excluding ortho intramolecular Hbond substituents is 1. The van der Waals surface area contributed by atoms with Crippen LogP contribution < -0.4 is 10.6 Å². The van der Waals surface area contributed by atoms with Gasteiger partial charge in [-0.2, -0.15) is 0 Å². The van der Waals surface area contributed by atoms with Crippen LogP contribution in [0.4, 0.5) is 0 Å². The molecule has 196 valence electrons. The Kier molecular flexibility index (Phi) is 10.3. The quantitative estimate of drug-likeness (QED) is 0.318. The van der Waals surface area contributed by atoms with Crippen LogP contribution in [0, 0.1) is 11.8 Å². The number of carbonyl (C=O) groups excluding carboxylic acids is 1. The van der Waals surface area contributed by atoms with Gasteiger partial charge in [-0.1, -0.05) is 56.3 Å². The predicted octanol–water partition coefficient (Wildman–Crippen LogP) is 3.42. The first-order valence-electron chi connectivity index (χ1n) is 13.0. The minimum atomic E-state index is -1.03. The number of likely N-dealkylation sites (tertiary alicyclic amines) is 1. The molecule has 0 bridgehead atoms. The van der Waals surface area contributed by atoms with Crippen LogP contribution in [0.3, 0.4) is 0 Å². The minimum Gasteiger partial charge on any atom is -0.508 e. The lowest BCUT2D eigenvalue weighted by atomic mass is 9.68. The Balaban J connectivity index is 1.50. The maximum atomic E-state index is 11.8. The van der Waals surface area contributed by atoms with Crippen LogP contribution in [-0.4, -0.2) is 66.3 Å². The zero-order valence-corrected chi connectivity index (χ0v) is 21.6. The summed E-state index contributed by atoms with van der Waals surface area (Å²) in [6, 6.07) is 18.2. The van der Waals surface area contributed by atoms with Crippen molar-refractivity contribution in [2.24, 2.45) is 11.8 Å². The average molecular weight is 496 g/mol. The van der Waals surface area contributed by atoms with Gasteiger partial charge in [-0.3, -0.25) is 9.59 Å². The summed E-state index contributed by atoms with van der Waals surface area (Å²) in [6.07, 6.45) is 3.36. The van der Waals surface area contributed by atoms with E-state index in [-0.39, 0.29) is 24.3 Å². The first-order valence-corrected chi connectivity index (χ1v) is 13.0. The van der Waals surface area contributed by atoms with Gasteiger partial charge in [-0.25, -0.2) is 0 Å². The van der Waals surface area contributed by atoms with Gasteiger partial charge < -0.3 is 25.7 Å². The molecule has 0 saturated carbocycles. The van der Waals surface area contributed by atoms with Crippen LogP contribution in [0.1, 0.15) is 44.2 Å². The van der Waals surface area contributed by atoms with Gasteiger partial charge in [0.25, 0.3) is 0 Å². The molecule has 7 nitrogen and oxygen atoms in total. The van der Waals surface area contributed by atoms with E-state index in [1.165, 1.54) is 11.1 Å². The van der Waals surface area contributed by atoms with Gasteiger partial charge in [0.1, 0.15) is 12.3 Å². The van der Waals surface area contributed by atoms with E-state index in [1.54, 1.807) is 6.07 Å². The van der Waals surface area contributed by atoms with Crippen molar-refractivity contribution >= 4 is 11.9 Å². The lowest BCUT2D eigenvalue weighted by Gasteiger charge is -2.45. The maximum absolute atomic E-state index is 11.8. The Morgan fingerprint density at radius 1 is 1.17 bits per heavy atom.